The lowest BCUT2D eigenvalue weighted by Crippen LogP contribution is -2.30. The van der Waals surface area contributed by atoms with E-state index in [9.17, 15) is 27.6 Å². The normalized spacial score (nSPS) is 13.3. The van der Waals surface area contributed by atoms with Gasteiger partial charge in [0.1, 0.15) is 0 Å². The van der Waals surface area contributed by atoms with E-state index in [-0.39, 0.29) is 45.0 Å². The van der Waals surface area contributed by atoms with E-state index in [0.29, 0.717) is 4.47 Å². The fourth-order valence-corrected chi connectivity index (χ4v) is 4.98. The van der Waals surface area contributed by atoms with Crippen LogP contribution in [0.1, 0.15) is 48.0 Å². The molecular weight excluding hydrogens is 621 g/mol. The Labute approximate surface area is 224 Å². The van der Waals surface area contributed by atoms with Crippen LogP contribution in [0.25, 0.3) is 5.69 Å². The van der Waals surface area contributed by atoms with Crippen LogP contribution in [-0.4, -0.2) is 37.3 Å². The van der Waals surface area contributed by atoms with Crippen LogP contribution in [-0.2, 0) is 12.7 Å². The zero-order valence-electron chi connectivity index (χ0n) is 18.5. The number of rotatable bonds is 5. The molecule has 37 heavy (non-hydrogen) atoms. The van der Waals surface area contributed by atoms with Crippen molar-refractivity contribution in [3.05, 3.63) is 110 Å². The van der Waals surface area contributed by atoms with Crippen molar-refractivity contribution in [3.8, 4) is 5.69 Å². The van der Waals surface area contributed by atoms with Crippen LogP contribution in [0.2, 0.25) is 0 Å². The molecular formula is C25H13Br2F3N4O3. The summed E-state index contributed by atoms with van der Waals surface area (Å²) >= 11 is 6.51. The van der Waals surface area contributed by atoms with Crippen LogP contribution >= 0.6 is 31.9 Å². The van der Waals surface area contributed by atoms with Gasteiger partial charge in [-0.1, -0.05) is 40.2 Å². The van der Waals surface area contributed by atoms with Gasteiger partial charge in [-0.05, 0) is 58.4 Å². The van der Waals surface area contributed by atoms with Crippen molar-refractivity contribution < 1.29 is 27.6 Å². The molecule has 7 nitrogen and oxygen atoms in total. The largest absolute Gasteiger partial charge is 0.416 e. The molecule has 186 valence electrons. The van der Waals surface area contributed by atoms with E-state index in [1.54, 1.807) is 30.3 Å². The minimum Gasteiger partial charge on any atom is -0.288 e. The van der Waals surface area contributed by atoms with Crippen molar-refractivity contribution in [1.82, 2.24) is 19.7 Å². The Morgan fingerprint density at radius 2 is 1.46 bits per heavy atom. The SMILES string of the molecule is O=C(c1ccccc1Br)c1cc(C(F)(F)F)ccc1-n1c(Br)nnc1CN1C(=O)c2ccccc2C1=O. The Bertz CT molecular complexity index is 1570. The molecule has 0 radical (unpaired) electrons. The lowest BCUT2D eigenvalue weighted by molar-refractivity contribution is -0.137. The van der Waals surface area contributed by atoms with Crippen molar-refractivity contribution in [2.24, 2.45) is 0 Å². The zero-order valence-corrected chi connectivity index (χ0v) is 21.6. The first kappa shape index (κ1) is 25.0. The lowest BCUT2D eigenvalue weighted by Gasteiger charge is -2.18. The third-order valence-electron chi connectivity index (χ3n) is 5.80. The highest BCUT2D eigenvalue weighted by atomic mass is 79.9. The number of hydrogen-bond acceptors (Lipinski definition) is 5. The van der Waals surface area contributed by atoms with Gasteiger partial charge >= 0.3 is 6.18 Å². The molecule has 0 aliphatic carbocycles. The molecule has 3 aromatic carbocycles. The second-order valence-electron chi connectivity index (χ2n) is 8.00. The third kappa shape index (κ3) is 4.40. The molecule has 0 N–H and O–H groups in total. The standard InChI is InChI=1S/C25H13Br2F3N4O3/c26-18-8-4-3-7-16(18)21(35)17-11-13(25(28,29)30)9-10-19(17)34-20(31-32-24(34)27)12-33-22(36)14-5-1-2-6-15(14)23(33)37/h1-11H,12H2. The number of aromatic nitrogens is 3. The Morgan fingerprint density at radius 1 is 0.838 bits per heavy atom. The van der Waals surface area contributed by atoms with E-state index >= 15 is 0 Å². The predicted octanol–water partition coefficient (Wildman–Crippen LogP) is 5.84. The number of halogens is 5. The molecule has 0 bridgehead atoms. The van der Waals surface area contributed by atoms with Crippen LogP contribution in [0.4, 0.5) is 13.2 Å². The second-order valence-corrected chi connectivity index (χ2v) is 9.56. The maximum Gasteiger partial charge on any atom is 0.416 e. The van der Waals surface area contributed by atoms with Crippen molar-refractivity contribution in [2.45, 2.75) is 12.7 Å². The zero-order chi connectivity index (χ0) is 26.5. The molecule has 5 rings (SSSR count). The number of nitrogens with zero attached hydrogens (tertiary/aromatic N) is 4. The van der Waals surface area contributed by atoms with Crippen LogP contribution in [0.3, 0.4) is 0 Å². The summed E-state index contributed by atoms with van der Waals surface area (Å²) in [6.07, 6.45) is -4.70. The Balaban J connectivity index is 1.63. The summed E-state index contributed by atoms with van der Waals surface area (Å²) in [4.78, 5) is 40.2. The summed E-state index contributed by atoms with van der Waals surface area (Å²) in [5.41, 5.74) is -0.635. The minimum atomic E-state index is -4.70. The number of carbonyl (C=O) groups is 3. The number of ketones is 1. The van der Waals surface area contributed by atoms with Crippen molar-refractivity contribution in [1.29, 1.82) is 0 Å². The van der Waals surface area contributed by atoms with Gasteiger partial charge in [-0.2, -0.15) is 13.2 Å². The van der Waals surface area contributed by atoms with E-state index in [1.165, 1.54) is 22.8 Å². The minimum absolute atomic E-state index is 0.0391. The highest BCUT2D eigenvalue weighted by molar-refractivity contribution is 9.10. The van der Waals surface area contributed by atoms with E-state index in [4.69, 9.17) is 0 Å². The van der Waals surface area contributed by atoms with Gasteiger partial charge in [0.05, 0.1) is 28.9 Å². The van der Waals surface area contributed by atoms with Gasteiger partial charge < -0.3 is 0 Å². The molecule has 12 heteroatoms. The van der Waals surface area contributed by atoms with E-state index in [2.05, 4.69) is 42.1 Å². The predicted molar refractivity (Wildman–Crippen MR) is 132 cm³/mol. The number of fused-ring (bicyclic) bond motifs is 1. The van der Waals surface area contributed by atoms with E-state index in [0.717, 1.165) is 23.1 Å². The molecule has 0 unspecified atom stereocenters. The Hall–Kier alpha value is -3.64. The molecule has 4 aromatic rings. The van der Waals surface area contributed by atoms with Gasteiger partial charge in [-0.15, -0.1) is 10.2 Å². The molecule has 1 aromatic heterocycles. The summed E-state index contributed by atoms with van der Waals surface area (Å²) in [5.74, 6) is -1.70. The summed E-state index contributed by atoms with van der Waals surface area (Å²) in [6, 6.07) is 15.4. The molecule has 2 amide bonds. The summed E-state index contributed by atoms with van der Waals surface area (Å²) in [6.45, 7) is -0.325. The number of alkyl halides is 3. The van der Waals surface area contributed by atoms with Crippen LogP contribution in [0.5, 0.6) is 0 Å². The van der Waals surface area contributed by atoms with Gasteiger partial charge in [0.25, 0.3) is 11.8 Å². The average Bonchev–Trinajstić information content (AvgIpc) is 3.35. The Morgan fingerprint density at radius 3 is 2.08 bits per heavy atom. The first-order chi connectivity index (χ1) is 17.6. The summed E-state index contributed by atoms with van der Waals surface area (Å²) < 4.78 is 42.5. The topological polar surface area (TPSA) is 85.2 Å². The van der Waals surface area contributed by atoms with Gasteiger partial charge in [0.2, 0.25) is 4.73 Å². The van der Waals surface area contributed by atoms with Crippen molar-refractivity contribution in [3.63, 3.8) is 0 Å². The van der Waals surface area contributed by atoms with Gasteiger partial charge in [0.15, 0.2) is 11.6 Å². The number of carbonyl (C=O) groups excluding carboxylic acids is 3. The van der Waals surface area contributed by atoms with Gasteiger partial charge in [0, 0.05) is 15.6 Å². The fraction of sp³-hybridized carbons (Fsp3) is 0.0800. The van der Waals surface area contributed by atoms with Crippen molar-refractivity contribution in [2.75, 3.05) is 0 Å². The number of imide groups is 1. The fourth-order valence-electron chi connectivity index (χ4n) is 4.04. The first-order valence-electron chi connectivity index (χ1n) is 10.6. The molecule has 1 aliphatic heterocycles. The molecule has 0 spiro atoms. The number of hydrogen-bond donors (Lipinski definition) is 0. The Kier molecular flexibility index (Phi) is 6.32. The monoisotopic (exact) mass is 632 g/mol. The molecule has 0 atom stereocenters. The van der Waals surface area contributed by atoms with Gasteiger partial charge in [-0.3, -0.25) is 23.9 Å². The summed E-state index contributed by atoms with van der Waals surface area (Å²) in [5, 5.41) is 7.96. The average molecular weight is 634 g/mol. The smallest absolute Gasteiger partial charge is 0.288 e. The lowest BCUT2D eigenvalue weighted by atomic mass is 9.99. The van der Waals surface area contributed by atoms with Gasteiger partial charge in [-0.25, -0.2) is 0 Å². The highest BCUT2D eigenvalue weighted by Crippen LogP contribution is 2.34. The third-order valence-corrected chi connectivity index (χ3v) is 7.00. The maximum atomic E-state index is 13.6. The molecule has 0 saturated heterocycles. The molecule has 2 heterocycles. The quantitative estimate of drug-likeness (QED) is 0.204. The van der Waals surface area contributed by atoms with Crippen LogP contribution < -0.4 is 0 Å². The van der Waals surface area contributed by atoms with Crippen LogP contribution in [0.15, 0.2) is 75.9 Å². The van der Waals surface area contributed by atoms with Crippen LogP contribution in [0, 0.1) is 0 Å². The number of benzene rings is 3. The summed E-state index contributed by atoms with van der Waals surface area (Å²) in [7, 11) is 0. The highest BCUT2D eigenvalue weighted by Gasteiger charge is 2.37. The van der Waals surface area contributed by atoms with Crippen molar-refractivity contribution >= 4 is 49.5 Å². The molecule has 0 saturated carbocycles. The molecule has 1 aliphatic rings. The molecule has 0 fully saturated rings. The maximum absolute atomic E-state index is 13.6. The van der Waals surface area contributed by atoms with E-state index in [1.807, 2.05) is 0 Å². The first-order valence-corrected chi connectivity index (χ1v) is 12.2. The second kappa shape index (κ2) is 9.34. The van der Waals surface area contributed by atoms with E-state index < -0.39 is 29.3 Å². The number of amides is 2.